The van der Waals surface area contributed by atoms with Gasteiger partial charge in [-0.1, -0.05) is 233 Å². The number of benzene rings is 1. The lowest BCUT2D eigenvalue weighted by atomic mass is 9.80. The minimum atomic E-state index is -1.21. The van der Waals surface area contributed by atoms with Crippen LogP contribution < -0.4 is 65.1 Å². The summed E-state index contributed by atoms with van der Waals surface area (Å²) in [7, 11) is 0. The third-order valence-corrected chi connectivity index (χ3v) is 32.3. The van der Waals surface area contributed by atoms with Crippen LogP contribution >= 0.6 is 11.3 Å². The molecule has 1 aromatic carbocycles. The van der Waals surface area contributed by atoms with Gasteiger partial charge in [0.15, 0.2) is 0 Å². The molecule has 0 bridgehead atoms. The summed E-state index contributed by atoms with van der Waals surface area (Å²) in [4.78, 5) is 243. The van der Waals surface area contributed by atoms with Crippen molar-refractivity contribution >= 4 is 118 Å². The monoisotopic (exact) mass is 1970 g/mol. The van der Waals surface area contributed by atoms with E-state index in [0.29, 0.717) is 51.7 Å². The Labute approximate surface area is 827 Å². The molecule has 3 unspecified atom stereocenters. The lowest BCUT2D eigenvalue weighted by Gasteiger charge is -2.39. The normalized spacial score (nSPS) is 25.2. The number of fused-ring (bicyclic) bond motifs is 3. The molecule has 4 heterocycles. The van der Waals surface area contributed by atoms with Gasteiger partial charge in [0, 0.05) is 25.2 Å². The quantitative estimate of drug-likeness (QED) is 0.0172. The minimum Gasteiger partial charge on any atom is -0.461 e. The molecule has 2 aromatic rings. The molecule has 774 valence electrons. The van der Waals surface area contributed by atoms with Crippen LogP contribution in [0.25, 0.3) is 0 Å². The smallest absolute Gasteiger partial charge is 0.332 e. The highest BCUT2D eigenvalue weighted by Crippen LogP contribution is 2.67. The number of piperidine rings is 3. The molecule has 3 saturated heterocycles. The summed E-state index contributed by atoms with van der Waals surface area (Å²) < 4.78 is 17.0. The molecule has 36 nitrogen and oxygen atoms in total. The summed E-state index contributed by atoms with van der Waals surface area (Å²) in [5, 5.41) is 28.9. The highest BCUT2D eigenvalue weighted by atomic mass is 32.1. The Balaban J connectivity index is 0.000000201. The summed E-state index contributed by atoms with van der Waals surface area (Å²) in [5.41, 5.74) is 12.8. The first-order valence-electron chi connectivity index (χ1n) is 50.3. The molecule has 3 aliphatic heterocycles. The number of Topliss-reactive ketones (excluding diaryl/α,β-unsaturated/α-hetero) is 3. The fourth-order valence-electron chi connectivity index (χ4n) is 21.9. The topological polar surface area (TPSA) is 531 Å². The summed E-state index contributed by atoms with van der Waals surface area (Å²) in [6, 6.07) is -1.75. The Morgan fingerprint density at radius 2 is 0.793 bits per heavy atom. The Kier molecular flexibility index (Phi) is 33.9. The van der Waals surface area contributed by atoms with Crippen molar-refractivity contribution in [1.82, 2.24) is 62.6 Å². The maximum Gasteiger partial charge on any atom is 0.332 e. The molecule has 15 N–H and O–H groups in total. The van der Waals surface area contributed by atoms with Gasteiger partial charge in [-0.25, -0.2) is 28.8 Å². The van der Waals surface area contributed by atoms with Crippen LogP contribution in [0.15, 0.2) is 47.2 Å². The van der Waals surface area contributed by atoms with Crippen molar-refractivity contribution in [3.8, 4) is 0 Å². The van der Waals surface area contributed by atoms with Crippen LogP contribution in [0.5, 0.6) is 0 Å². The van der Waals surface area contributed by atoms with Gasteiger partial charge in [-0.2, -0.15) is 11.3 Å². The average molecular weight is 1970 g/mol. The van der Waals surface area contributed by atoms with Crippen molar-refractivity contribution in [1.29, 1.82) is 0 Å². The number of nitrogens with zero attached hydrogens (tertiary/aromatic N) is 3. The molecular formula is C103H155N15O21S. The second-order valence-electron chi connectivity index (χ2n) is 47.9. The van der Waals surface area contributed by atoms with E-state index in [-0.39, 0.29) is 88.1 Å². The van der Waals surface area contributed by atoms with E-state index >= 15 is 0 Å². The number of ether oxygens (including phenoxy) is 3. The predicted octanol–water partition coefficient (Wildman–Crippen LogP) is 8.70. The standard InChI is InChI=1S/C37H55N5O7.C34H49N5O7S.C32H51N5O7/c1-20(22-16-11-10-12-17-22)49-33(47)29(36(5,6)7)41-34(48)40-28(35(2,3)4)32(46)42-19-23-25(37(23,8)9)26(42)31(45)39-24(27(43)30(38)44)18-21-14-13-15-21;1-32(2,3)26(37-31(45)38-34(12-7-6-8-13-34)30(44)46-17-20-11-14-47-18-20)29(43)39-16-21-23(33(21,4)5)24(39)28(42)36-22(15-19-9-10-19)25(40)27(35)41;1-16(2)22(29(42)44-18-10-8-9-11-18)35-30(43)36-25(31(3,4)5)28(41)37-15-19-21(32(19,6)7)23(37)27(40)34-20(14-17-12-13-17)24(38)26(33)39/h10-12,16-17,20-21,23-26,28-29H,13-15,18-19H2,1-9H3,(H2,38,44)(H,39,45)(H2,40,41,48);11,14,18-19,21-24,26H,6-10,12-13,15-17H2,1-5H3,(H2,35,41)(H,36,42)(H2,37,38,45);16-23,25H,8-15H2,1-7H3,(H2,33,39)(H,34,40)(H2,35,36,43)/t20-,23+,24?,25+,26+,28-,29-;21-,22?,23-,24-,26+;19-,20?,21-,22-,23-,25+/m100/s1. The van der Waals surface area contributed by atoms with Gasteiger partial charge >= 0.3 is 36.0 Å². The van der Waals surface area contributed by atoms with E-state index in [1.54, 1.807) is 6.92 Å². The number of nitrogens with one attached hydrogen (secondary N) is 9. The van der Waals surface area contributed by atoms with Gasteiger partial charge in [-0.15, -0.1) is 0 Å². The number of primary amides is 3. The Hall–Kier alpha value is -10.6. The number of likely N-dealkylation sites (tertiary alicyclic amines) is 3. The SMILES string of the molecule is CC(C)(C)[C@H](NC(=O)NC1(C(=O)OCc2ccsc2)CCCCC1)C(=O)N1C[C@H]2[C@@H]([C@H]1C(=O)NC(CC1CC1)C(=O)C(N)=O)C2(C)C.CC(C)[C@H](NC(=O)N[C@H](C(=O)N1C[C@H]2[C@@H]([C@H]1C(=O)NC(CC1CC1)C(=O)C(N)=O)C2(C)C)C(C)(C)C)C(=O)OC1CCCC1.C[C@@H](OC(=O)[C@@H](NC(=O)N[C@H](C(=O)N1C[C@H]2[C@@H]([C@H]1C(=O)NC(CC1CCC1)C(=O)C(N)=O)C2(C)C)C(C)(C)C)C(C)(C)C)c1ccccc1. The van der Waals surface area contributed by atoms with Gasteiger partial charge < -0.3 is 94.0 Å². The van der Waals surface area contributed by atoms with E-state index in [0.717, 1.165) is 101 Å². The van der Waals surface area contributed by atoms with Crippen LogP contribution in [-0.4, -0.2) is 219 Å². The van der Waals surface area contributed by atoms with E-state index in [4.69, 9.17) is 31.4 Å². The maximum absolute atomic E-state index is 14.4. The third-order valence-electron chi connectivity index (χ3n) is 31.5. The summed E-state index contributed by atoms with van der Waals surface area (Å²) >= 11 is 1.51. The van der Waals surface area contributed by atoms with Gasteiger partial charge in [0.05, 0.1) is 18.1 Å². The van der Waals surface area contributed by atoms with Crippen molar-refractivity contribution in [2.45, 2.75) is 358 Å². The number of carbonyl (C=O) groups excluding carboxylic acids is 18. The predicted molar refractivity (Wildman–Crippen MR) is 520 cm³/mol. The number of hydrogen-bond donors (Lipinski definition) is 12. The number of ketones is 3. The molecule has 15 amide bonds. The van der Waals surface area contributed by atoms with Crippen LogP contribution in [0, 0.1) is 97.1 Å². The van der Waals surface area contributed by atoms with E-state index in [2.05, 4.69) is 61.7 Å². The first-order valence-corrected chi connectivity index (χ1v) is 51.3. The average Bonchev–Trinajstić information content (AvgIpc) is 1.53. The van der Waals surface area contributed by atoms with Gasteiger partial charge in [-0.05, 0) is 184 Å². The fourth-order valence-corrected chi connectivity index (χ4v) is 22.6. The molecule has 0 radical (unpaired) electrons. The van der Waals surface area contributed by atoms with Crippen LogP contribution in [0.3, 0.4) is 0 Å². The third kappa shape index (κ3) is 26.1. The van der Waals surface area contributed by atoms with Crippen molar-refractivity contribution < 1.29 is 101 Å². The molecule has 37 heteroatoms. The van der Waals surface area contributed by atoms with Crippen molar-refractivity contribution in [2.75, 3.05) is 19.6 Å². The lowest BCUT2D eigenvalue weighted by molar-refractivity contribution is -0.154. The van der Waals surface area contributed by atoms with Crippen molar-refractivity contribution in [3.05, 3.63) is 58.3 Å². The van der Waals surface area contributed by atoms with E-state index in [1.807, 2.05) is 172 Å². The molecule has 0 spiro atoms. The Morgan fingerprint density at radius 3 is 1.13 bits per heavy atom. The number of amides is 15. The lowest BCUT2D eigenvalue weighted by Crippen LogP contribution is -2.64. The van der Waals surface area contributed by atoms with Crippen LogP contribution in [0.2, 0.25) is 0 Å². The molecule has 11 aliphatic rings. The van der Waals surface area contributed by atoms with Crippen molar-refractivity contribution in [3.63, 3.8) is 0 Å². The minimum absolute atomic E-state index is 0.0465. The van der Waals surface area contributed by atoms with Crippen molar-refractivity contribution in [2.24, 2.45) is 114 Å². The van der Waals surface area contributed by atoms with Crippen LogP contribution in [0.1, 0.15) is 285 Å². The zero-order valence-electron chi connectivity index (χ0n) is 85.7. The fraction of sp³-hybridized carbons (Fsp3) is 0.728. The van der Waals surface area contributed by atoms with Gasteiger partial charge in [0.2, 0.25) is 52.8 Å². The number of nitrogens with two attached hydrogens (primary N) is 3. The zero-order chi connectivity index (χ0) is 104. The first kappa shape index (κ1) is 110. The summed E-state index contributed by atoms with van der Waals surface area (Å²) in [5.74, 6) is -10.1. The molecule has 1 aromatic heterocycles. The molecule has 140 heavy (non-hydrogen) atoms. The number of thiophene rings is 1. The van der Waals surface area contributed by atoms with Crippen LogP contribution in [0.4, 0.5) is 14.4 Å². The number of hydrogen-bond acceptors (Lipinski definition) is 22. The summed E-state index contributed by atoms with van der Waals surface area (Å²) in [6.45, 7) is 40.5. The Morgan fingerprint density at radius 1 is 0.429 bits per heavy atom. The Bertz CT molecular complexity index is 4970. The molecule has 11 fully saturated rings. The number of carbonyl (C=O) groups is 18. The second kappa shape index (κ2) is 43.3. The van der Waals surface area contributed by atoms with E-state index < -0.39 is 206 Å². The largest absolute Gasteiger partial charge is 0.461 e. The first-order chi connectivity index (χ1) is 65.1. The van der Waals surface area contributed by atoms with Gasteiger partial charge in [0.25, 0.3) is 17.7 Å². The van der Waals surface area contributed by atoms with E-state index in [1.165, 1.54) is 26.0 Å². The molecule has 8 saturated carbocycles. The number of urea groups is 3. The van der Waals surface area contributed by atoms with Crippen LogP contribution in [-0.2, 0) is 92.7 Å². The van der Waals surface area contributed by atoms with Gasteiger partial charge in [0.1, 0.15) is 72.7 Å². The van der Waals surface area contributed by atoms with Gasteiger partial charge in [-0.3, -0.25) is 57.5 Å². The second-order valence-corrected chi connectivity index (χ2v) is 48.6. The number of rotatable bonds is 36. The molecule has 13 rings (SSSR count). The molecular weight excluding hydrogens is 1820 g/mol. The molecule has 8 aliphatic carbocycles. The highest BCUT2D eigenvalue weighted by Gasteiger charge is 2.73. The summed E-state index contributed by atoms with van der Waals surface area (Å²) in [6.07, 6.45) is 13.7. The maximum atomic E-state index is 14.4. The van der Waals surface area contributed by atoms with E-state index in [9.17, 15) is 86.3 Å². The zero-order valence-corrected chi connectivity index (χ0v) is 86.5. The highest BCUT2D eigenvalue weighted by molar-refractivity contribution is 7.08. The number of esters is 3. The molecule has 18 atom stereocenters.